The zero-order valence-corrected chi connectivity index (χ0v) is 9.65. The van der Waals surface area contributed by atoms with E-state index in [2.05, 4.69) is 34.3 Å². The smallest absolute Gasteiger partial charge is 0.0730 e. The second kappa shape index (κ2) is 4.40. The molecule has 0 aliphatic heterocycles. The standard InChI is InChI=1S/C9H13BrOS/c1-6(7(2)11)5-8-3-4-12-9(8)10/h3-4,6-7,11H,5H2,1-2H3. The summed E-state index contributed by atoms with van der Waals surface area (Å²) in [7, 11) is 0. The Hall–Kier alpha value is 0.140. The van der Waals surface area contributed by atoms with Gasteiger partial charge in [0, 0.05) is 0 Å². The minimum atomic E-state index is -0.225. The van der Waals surface area contributed by atoms with E-state index in [0.29, 0.717) is 5.92 Å². The Morgan fingerprint density at radius 1 is 1.58 bits per heavy atom. The number of hydrogen-bond acceptors (Lipinski definition) is 2. The predicted molar refractivity (Wildman–Crippen MR) is 56.6 cm³/mol. The summed E-state index contributed by atoms with van der Waals surface area (Å²) in [6.07, 6.45) is 0.721. The molecule has 1 heterocycles. The van der Waals surface area contributed by atoms with Crippen LogP contribution in [-0.4, -0.2) is 11.2 Å². The minimum Gasteiger partial charge on any atom is -0.393 e. The highest BCUT2D eigenvalue weighted by Gasteiger charge is 2.11. The summed E-state index contributed by atoms with van der Waals surface area (Å²) in [4.78, 5) is 0. The van der Waals surface area contributed by atoms with Gasteiger partial charge in [0.05, 0.1) is 9.89 Å². The van der Waals surface area contributed by atoms with Gasteiger partial charge in [0.15, 0.2) is 0 Å². The van der Waals surface area contributed by atoms with Crippen molar-refractivity contribution in [3.63, 3.8) is 0 Å². The van der Waals surface area contributed by atoms with E-state index < -0.39 is 0 Å². The molecule has 0 spiro atoms. The van der Waals surface area contributed by atoms with Crippen molar-refractivity contribution in [1.82, 2.24) is 0 Å². The van der Waals surface area contributed by atoms with Crippen molar-refractivity contribution in [3.8, 4) is 0 Å². The van der Waals surface area contributed by atoms with E-state index in [0.717, 1.165) is 6.42 Å². The highest BCUT2D eigenvalue weighted by molar-refractivity contribution is 9.11. The summed E-state index contributed by atoms with van der Waals surface area (Å²) in [5.41, 5.74) is 1.30. The molecule has 0 saturated heterocycles. The van der Waals surface area contributed by atoms with Crippen LogP contribution in [0.15, 0.2) is 15.2 Å². The molecule has 3 heteroatoms. The van der Waals surface area contributed by atoms with E-state index in [1.54, 1.807) is 11.3 Å². The monoisotopic (exact) mass is 248 g/mol. The third kappa shape index (κ3) is 2.57. The number of thiophene rings is 1. The minimum absolute atomic E-state index is 0.225. The van der Waals surface area contributed by atoms with Crippen molar-refractivity contribution < 1.29 is 5.11 Å². The van der Waals surface area contributed by atoms with Gasteiger partial charge >= 0.3 is 0 Å². The highest BCUT2D eigenvalue weighted by Crippen LogP contribution is 2.26. The van der Waals surface area contributed by atoms with Crippen LogP contribution in [0.1, 0.15) is 19.4 Å². The quantitative estimate of drug-likeness (QED) is 0.872. The molecule has 1 N–H and O–H groups in total. The van der Waals surface area contributed by atoms with E-state index >= 15 is 0 Å². The Bertz CT molecular complexity index is 244. The van der Waals surface area contributed by atoms with E-state index in [9.17, 15) is 5.11 Å². The zero-order chi connectivity index (χ0) is 9.14. The molecule has 1 aromatic rings. The maximum atomic E-state index is 9.30. The second-order valence-electron chi connectivity index (χ2n) is 3.14. The van der Waals surface area contributed by atoms with Gasteiger partial charge in [-0.3, -0.25) is 0 Å². The lowest BCUT2D eigenvalue weighted by Crippen LogP contribution is -2.15. The molecule has 1 nitrogen and oxygen atoms in total. The summed E-state index contributed by atoms with van der Waals surface area (Å²) >= 11 is 5.17. The fraction of sp³-hybridized carbons (Fsp3) is 0.556. The molecule has 0 fully saturated rings. The fourth-order valence-corrected chi connectivity index (χ4v) is 2.26. The van der Waals surface area contributed by atoms with Gasteiger partial charge in [-0.1, -0.05) is 6.92 Å². The van der Waals surface area contributed by atoms with Crippen molar-refractivity contribution in [3.05, 3.63) is 20.8 Å². The molecule has 0 aliphatic rings. The number of rotatable bonds is 3. The number of aliphatic hydroxyl groups is 1. The van der Waals surface area contributed by atoms with Crippen molar-refractivity contribution in [2.45, 2.75) is 26.4 Å². The van der Waals surface area contributed by atoms with Crippen LogP contribution >= 0.6 is 27.3 Å². The average molecular weight is 249 g/mol. The Labute approximate surface area is 85.6 Å². The van der Waals surface area contributed by atoms with Crippen LogP contribution in [0.3, 0.4) is 0 Å². The van der Waals surface area contributed by atoms with E-state index in [-0.39, 0.29) is 6.10 Å². The number of hydrogen-bond donors (Lipinski definition) is 1. The van der Waals surface area contributed by atoms with Crippen LogP contribution in [0.5, 0.6) is 0 Å². The molecule has 1 rings (SSSR count). The van der Waals surface area contributed by atoms with Crippen LogP contribution in [-0.2, 0) is 6.42 Å². The summed E-state index contributed by atoms with van der Waals surface area (Å²) < 4.78 is 1.19. The molecule has 0 radical (unpaired) electrons. The van der Waals surface area contributed by atoms with Crippen molar-refractivity contribution in [1.29, 1.82) is 0 Å². The van der Waals surface area contributed by atoms with Crippen LogP contribution in [0.25, 0.3) is 0 Å². The summed E-state index contributed by atoms with van der Waals surface area (Å²) in [6.45, 7) is 3.90. The van der Waals surface area contributed by atoms with Crippen LogP contribution < -0.4 is 0 Å². The van der Waals surface area contributed by atoms with Crippen LogP contribution in [0.2, 0.25) is 0 Å². The van der Waals surface area contributed by atoms with Gasteiger partial charge in [0.25, 0.3) is 0 Å². The van der Waals surface area contributed by atoms with Crippen molar-refractivity contribution in [2.75, 3.05) is 0 Å². The molecule has 12 heavy (non-hydrogen) atoms. The third-order valence-corrected chi connectivity index (χ3v) is 3.87. The zero-order valence-electron chi connectivity index (χ0n) is 7.25. The largest absolute Gasteiger partial charge is 0.393 e. The molecule has 0 saturated carbocycles. The van der Waals surface area contributed by atoms with Crippen molar-refractivity contribution >= 4 is 27.3 Å². The van der Waals surface area contributed by atoms with Gasteiger partial charge in [-0.15, -0.1) is 11.3 Å². The lowest BCUT2D eigenvalue weighted by Gasteiger charge is -2.13. The SMILES string of the molecule is CC(O)C(C)Cc1ccsc1Br. The molecule has 2 unspecified atom stereocenters. The van der Waals surface area contributed by atoms with E-state index in [1.807, 2.05) is 6.92 Å². The molecule has 1 aromatic heterocycles. The van der Waals surface area contributed by atoms with E-state index in [4.69, 9.17) is 0 Å². The topological polar surface area (TPSA) is 20.2 Å². The van der Waals surface area contributed by atoms with Crippen LogP contribution in [0.4, 0.5) is 0 Å². The Morgan fingerprint density at radius 2 is 2.25 bits per heavy atom. The first kappa shape index (κ1) is 10.2. The van der Waals surface area contributed by atoms with Crippen molar-refractivity contribution in [2.24, 2.45) is 5.92 Å². The normalized spacial score (nSPS) is 16.0. The molecular weight excluding hydrogens is 236 g/mol. The Morgan fingerprint density at radius 3 is 2.67 bits per heavy atom. The predicted octanol–water partition coefficient (Wildman–Crippen LogP) is 3.07. The first-order chi connectivity index (χ1) is 5.61. The fourth-order valence-electron chi connectivity index (χ4n) is 0.983. The molecule has 0 aliphatic carbocycles. The Balaban J connectivity index is 2.58. The maximum Gasteiger partial charge on any atom is 0.0730 e. The van der Waals surface area contributed by atoms with Gasteiger partial charge in [-0.05, 0) is 52.2 Å². The first-order valence-electron chi connectivity index (χ1n) is 4.01. The van der Waals surface area contributed by atoms with Gasteiger partial charge in [0.1, 0.15) is 0 Å². The molecule has 0 bridgehead atoms. The summed E-state index contributed by atoms with van der Waals surface area (Å²) in [5.74, 6) is 0.330. The molecule has 2 atom stereocenters. The van der Waals surface area contributed by atoms with Gasteiger partial charge in [-0.25, -0.2) is 0 Å². The average Bonchev–Trinajstić information content (AvgIpc) is 2.36. The Kier molecular flexibility index (Phi) is 3.75. The highest BCUT2D eigenvalue weighted by atomic mass is 79.9. The second-order valence-corrected chi connectivity index (χ2v) is 5.38. The molecule has 0 aromatic carbocycles. The maximum absolute atomic E-state index is 9.30. The molecule has 68 valence electrons. The lowest BCUT2D eigenvalue weighted by atomic mass is 9.99. The molecule has 0 amide bonds. The lowest BCUT2D eigenvalue weighted by molar-refractivity contribution is 0.135. The first-order valence-corrected chi connectivity index (χ1v) is 5.68. The van der Waals surface area contributed by atoms with E-state index in [1.165, 1.54) is 9.35 Å². The number of aliphatic hydroxyl groups excluding tert-OH is 1. The number of halogens is 1. The summed E-state index contributed by atoms with van der Waals surface area (Å²) in [6, 6.07) is 2.10. The third-order valence-electron chi connectivity index (χ3n) is 2.06. The van der Waals surface area contributed by atoms with Crippen LogP contribution in [0, 0.1) is 5.92 Å². The molecular formula is C9H13BrOS. The summed E-state index contributed by atoms with van der Waals surface area (Å²) in [5, 5.41) is 11.4. The van der Waals surface area contributed by atoms with Gasteiger partial charge in [-0.2, -0.15) is 0 Å². The van der Waals surface area contributed by atoms with Gasteiger partial charge in [0.2, 0.25) is 0 Å². The van der Waals surface area contributed by atoms with Gasteiger partial charge < -0.3 is 5.11 Å².